The number of sulfone groups is 1. The first-order valence-corrected chi connectivity index (χ1v) is 8.26. The van der Waals surface area contributed by atoms with Gasteiger partial charge in [-0.1, -0.05) is 0 Å². The van der Waals surface area contributed by atoms with Crippen molar-refractivity contribution in [3.63, 3.8) is 0 Å². The molecule has 2 aromatic carbocycles. The minimum absolute atomic E-state index is 0.240. The molecule has 0 atom stereocenters. The molecule has 102 valence electrons. The van der Waals surface area contributed by atoms with Crippen molar-refractivity contribution >= 4 is 25.8 Å². The van der Waals surface area contributed by atoms with Crippen molar-refractivity contribution in [1.82, 2.24) is 0 Å². The molecule has 0 unspecified atom stereocenters. The molecule has 0 bridgehead atoms. The van der Waals surface area contributed by atoms with Crippen LogP contribution in [0, 0.1) is 11.3 Å². The zero-order valence-electron chi connectivity index (χ0n) is 10.5. The van der Waals surface area contributed by atoms with Gasteiger partial charge >= 0.3 is 0 Å². The van der Waals surface area contributed by atoms with Gasteiger partial charge in [-0.2, -0.15) is 5.26 Å². The maximum absolute atomic E-state index is 11.3. The lowest BCUT2D eigenvalue weighted by molar-refractivity contribution is 0.479. The first-order valence-electron chi connectivity index (χ1n) is 5.58. The molecule has 0 amide bonds. The molecule has 0 aliphatic heterocycles. The van der Waals surface area contributed by atoms with Crippen molar-refractivity contribution in [3.8, 4) is 17.6 Å². The second-order valence-corrected chi connectivity index (χ2v) is 6.97. The van der Waals surface area contributed by atoms with Crippen LogP contribution in [0.3, 0.4) is 0 Å². The molecule has 4 nitrogen and oxygen atoms in total. The Morgan fingerprint density at radius 1 is 1.15 bits per heavy atom. The Hall–Kier alpha value is -1.84. The van der Waals surface area contributed by atoms with Crippen molar-refractivity contribution in [2.24, 2.45) is 0 Å². The van der Waals surface area contributed by atoms with E-state index in [0.29, 0.717) is 21.5 Å². The van der Waals surface area contributed by atoms with Crippen LogP contribution < -0.4 is 4.74 Å². The zero-order chi connectivity index (χ0) is 14.8. The summed E-state index contributed by atoms with van der Waals surface area (Å²) in [6.45, 7) is 0. The molecule has 0 fully saturated rings. The SMILES string of the molecule is CS(=O)(=O)c1ccc(Oc2ccc(C#N)cc2Br)cc1. The van der Waals surface area contributed by atoms with Gasteiger partial charge in [-0.3, -0.25) is 0 Å². The number of benzene rings is 2. The lowest BCUT2D eigenvalue weighted by Crippen LogP contribution is -1.96. The van der Waals surface area contributed by atoms with Gasteiger partial charge in [0.2, 0.25) is 0 Å². The molecule has 2 rings (SSSR count). The third-order valence-corrected chi connectivity index (χ3v) is 4.29. The quantitative estimate of drug-likeness (QED) is 0.848. The van der Waals surface area contributed by atoms with Crippen molar-refractivity contribution in [1.29, 1.82) is 5.26 Å². The Morgan fingerprint density at radius 2 is 1.80 bits per heavy atom. The highest BCUT2D eigenvalue weighted by atomic mass is 79.9. The van der Waals surface area contributed by atoms with Gasteiger partial charge in [0.25, 0.3) is 0 Å². The van der Waals surface area contributed by atoms with Crippen LogP contribution in [-0.4, -0.2) is 14.7 Å². The third-order valence-electron chi connectivity index (χ3n) is 2.54. The fourth-order valence-corrected chi connectivity index (χ4v) is 2.63. The Morgan fingerprint density at radius 3 is 2.30 bits per heavy atom. The van der Waals surface area contributed by atoms with Gasteiger partial charge in [0.1, 0.15) is 11.5 Å². The zero-order valence-corrected chi connectivity index (χ0v) is 12.9. The van der Waals surface area contributed by atoms with Crippen LogP contribution in [0.15, 0.2) is 51.8 Å². The summed E-state index contributed by atoms with van der Waals surface area (Å²) in [6, 6.07) is 13.1. The standard InChI is InChI=1S/C14H10BrNO3S/c1-20(17,18)12-5-3-11(4-6-12)19-14-7-2-10(9-16)8-13(14)15/h2-8H,1H3. The monoisotopic (exact) mass is 351 g/mol. The summed E-state index contributed by atoms with van der Waals surface area (Å²) in [5.74, 6) is 1.07. The number of hydrogen-bond donors (Lipinski definition) is 0. The highest BCUT2D eigenvalue weighted by Gasteiger charge is 2.08. The van der Waals surface area contributed by atoms with Gasteiger partial charge < -0.3 is 4.74 Å². The van der Waals surface area contributed by atoms with Crippen molar-refractivity contribution in [3.05, 3.63) is 52.5 Å². The van der Waals surface area contributed by atoms with E-state index in [9.17, 15) is 8.42 Å². The minimum atomic E-state index is -3.21. The lowest BCUT2D eigenvalue weighted by Gasteiger charge is -2.08. The van der Waals surface area contributed by atoms with Gasteiger partial charge in [-0.25, -0.2) is 8.42 Å². The van der Waals surface area contributed by atoms with Gasteiger partial charge in [-0.15, -0.1) is 0 Å². The van der Waals surface area contributed by atoms with Crippen LogP contribution in [-0.2, 0) is 9.84 Å². The molecule has 0 N–H and O–H groups in total. The van der Waals surface area contributed by atoms with E-state index in [1.165, 1.54) is 12.1 Å². The maximum Gasteiger partial charge on any atom is 0.175 e. The summed E-state index contributed by atoms with van der Waals surface area (Å²) in [5, 5.41) is 8.78. The molecule has 0 heterocycles. The number of hydrogen-bond acceptors (Lipinski definition) is 4. The predicted octanol–water partition coefficient (Wildman–Crippen LogP) is 3.52. The maximum atomic E-state index is 11.3. The van der Waals surface area contributed by atoms with Crippen molar-refractivity contribution < 1.29 is 13.2 Å². The topological polar surface area (TPSA) is 67.2 Å². The smallest absolute Gasteiger partial charge is 0.175 e. The molecular formula is C14H10BrNO3S. The summed E-state index contributed by atoms with van der Waals surface area (Å²) < 4.78 is 29.0. The van der Waals surface area contributed by atoms with Crippen LogP contribution in [0.25, 0.3) is 0 Å². The first kappa shape index (κ1) is 14.6. The molecule has 20 heavy (non-hydrogen) atoms. The molecule has 0 radical (unpaired) electrons. The number of rotatable bonds is 3. The lowest BCUT2D eigenvalue weighted by atomic mass is 10.2. The number of ether oxygens (including phenoxy) is 1. The Balaban J connectivity index is 2.25. The van der Waals surface area contributed by atoms with Crippen LogP contribution in [0.2, 0.25) is 0 Å². The molecule has 0 saturated carbocycles. The average Bonchev–Trinajstić information content (AvgIpc) is 2.40. The highest BCUT2D eigenvalue weighted by molar-refractivity contribution is 9.10. The van der Waals surface area contributed by atoms with E-state index < -0.39 is 9.84 Å². The summed E-state index contributed by atoms with van der Waals surface area (Å²) >= 11 is 3.32. The van der Waals surface area contributed by atoms with E-state index >= 15 is 0 Å². The Kier molecular flexibility index (Phi) is 4.12. The van der Waals surface area contributed by atoms with Gasteiger partial charge in [0.05, 0.1) is 21.0 Å². The second kappa shape index (κ2) is 5.65. The predicted molar refractivity (Wildman–Crippen MR) is 78.5 cm³/mol. The molecule has 6 heteroatoms. The van der Waals surface area contributed by atoms with Gasteiger partial charge in [-0.05, 0) is 58.4 Å². The van der Waals surface area contributed by atoms with E-state index in [0.717, 1.165) is 6.26 Å². The van der Waals surface area contributed by atoms with E-state index in [4.69, 9.17) is 10.00 Å². The van der Waals surface area contributed by atoms with Crippen LogP contribution >= 0.6 is 15.9 Å². The Labute approximate surface area is 125 Å². The minimum Gasteiger partial charge on any atom is -0.456 e. The Bertz CT molecular complexity index is 777. The molecule has 2 aromatic rings. The molecule has 0 spiro atoms. The summed E-state index contributed by atoms with van der Waals surface area (Å²) in [4.78, 5) is 0.240. The first-order chi connectivity index (χ1) is 9.40. The van der Waals surface area contributed by atoms with Crippen LogP contribution in [0.4, 0.5) is 0 Å². The molecule has 0 saturated heterocycles. The third kappa shape index (κ3) is 3.38. The van der Waals surface area contributed by atoms with Gasteiger partial charge in [0.15, 0.2) is 9.84 Å². The van der Waals surface area contributed by atoms with Crippen LogP contribution in [0.5, 0.6) is 11.5 Å². The van der Waals surface area contributed by atoms with Gasteiger partial charge in [0, 0.05) is 6.26 Å². The summed E-state index contributed by atoms with van der Waals surface area (Å²) in [7, 11) is -3.21. The summed E-state index contributed by atoms with van der Waals surface area (Å²) in [5.41, 5.74) is 0.525. The molecule has 0 aromatic heterocycles. The van der Waals surface area contributed by atoms with E-state index in [-0.39, 0.29) is 4.90 Å². The fraction of sp³-hybridized carbons (Fsp3) is 0.0714. The normalized spacial score (nSPS) is 10.8. The molecular weight excluding hydrogens is 342 g/mol. The average molecular weight is 352 g/mol. The van der Waals surface area contributed by atoms with Crippen molar-refractivity contribution in [2.45, 2.75) is 4.90 Å². The summed E-state index contributed by atoms with van der Waals surface area (Å²) in [6.07, 6.45) is 1.15. The van der Waals surface area contributed by atoms with Crippen LogP contribution in [0.1, 0.15) is 5.56 Å². The highest BCUT2D eigenvalue weighted by Crippen LogP contribution is 2.30. The fourth-order valence-electron chi connectivity index (χ4n) is 1.54. The van der Waals surface area contributed by atoms with E-state index in [1.54, 1.807) is 30.3 Å². The molecule has 0 aliphatic rings. The van der Waals surface area contributed by atoms with Crippen molar-refractivity contribution in [2.75, 3.05) is 6.26 Å². The second-order valence-electron chi connectivity index (χ2n) is 4.10. The number of nitriles is 1. The van der Waals surface area contributed by atoms with E-state index in [1.807, 2.05) is 6.07 Å². The largest absolute Gasteiger partial charge is 0.456 e. The number of nitrogens with zero attached hydrogens (tertiary/aromatic N) is 1. The number of halogens is 1. The molecule has 0 aliphatic carbocycles. The van der Waals surface area contributed by atoms with E-state index in [2.05, 4.69) is 15.9 Å².